The predicted molar refractivity (Wildman–Crippen MR) is 71.6 cm³/mol. The Kier molecular flexibility index (Phi) is 3.33. The second-order valence-corrected chi connectivity index (χ2v) is 4.08. The van der Waals surface area contributed by atoms with Crippen LogP contribution in [0.25, 0.3) is 0 Å². The van der Waals surface area contributed by atoms with Crippen LogP contribution < -0.4 is 16.8 Å². The average Bonchev–Trinajstić information content (AvgIpc) is 2.37. The molecule has 2 aromatic rings. The Balaban J connectivity index is 2.36. The number of rotatable bonds is 3. The van der Waals surface area contributed by atoms with Crippen molar-refractivity contribution in [1.82, 2.24) is 4.98 Å². The smallest absolute Gasteiger partial charge is 0.250 e. The minimum Gasteiger partial charge on any atom is -0.397 e. The van der Waals surface area contributed by atoms with Gasteiger partial charge in [0, 0.05) is 0 Å². The van der Waals surface area contributed by atoms with Gasteiger partial charge in [-0.3, -0.25) is 4.79 Å². The summed E-state index contributed by atoms with van der Waals surface area (Å²) in [7, 11) is 0. The van der Waals surface area contributed by atoms with Crippen LogP contribution in [0.15, 0.2) is 30.5 Å². The Morgan fingerprint density at radius 3 is 2.84 bits per heavy atom. The van der Waals surface area contributed by atoms with E-state index in [1.165, 1.54) is 12.3 Å². The van der Waals surface area contributed by atoms with Gasteiger partial charge < -0.3 is 16.8 Å². The van der Waals surface area contributed by atoms with Crippen LogP contribution in [0.2, 0.25) is 0 Å². The highest BCUT2D eigenvalue weighted by atomic mass is 19.1. The molecule has 0 aliphatic carbocycles. The first-order chi connectivity index (χ1) is 8.99. The summed E-state index contributed by atoms with van der Waals surface area (Å²) < 4.78 is 13.8. The maximum atomic E-state index is 13.8. The van der Waals surface area contributed by atoms with Gasteiger partial charge in [-0.2, -0.15) is 0 Å². The number of hydrogen-bond donors (Lipinski definition) is 3. The normalized spacial score (nSPS) is 10.2. The summed E-state index contributed by atoms with van der Waals surface area (Å²) in [5.41, 5.74) is 11.9. The zero-order valence-electron chi connectivity index (χ0n) is 10.3. The zero-order valence-corrected chi connectivity index (χ0v) is 10.3. The number of aryl methyl sites for hydroxylation is 1. The number of nitrogen functional groups attached to an aromatic ring is 1. The van der Waals surface area contributed by atoms with E-state index in [9.17, 15) is 9.18 Å². The number of amides is 1. The summed E-state index contributed by atoms with van der Waals surface area (Å²) in [5.74, 6) is -0.734. The molecule has 0 spiro atoms. The standard InChI is InChI=1S/C13H13FN4O/c1-7-3-2-4-10(12(7)14)18-11-5-8(13(16)19)9(15)6-17-11/h2-6H,15H2,1H3,(H2,16,19)(H,17,18). The molecule has 1 aromatic carbocycles. The number of nitrogens with one attached hydrogen (secondary N) is 1. The molecule has 19 heavy (non-hydrogen) atoms. The van der Waals surface area contributed by atoms with Gasteiger partial charge in [-0.05, 0) is 24.6 Å². The first-order valence-electron chi connectivity index (χ1n) is 5.56. The van der Waals surface area contributed by atoms with Gasteiger partial charge in [0.1, 0.15) is 11.6 Å². The molecule has 98 valence electrons. The summed E-state index contributed by atoms with van der Waals surface area (Å²) in [4.78, 5) is 15.1. The molecule has 0 atom stereocenters. The van der Waals surface area contributed by atoms with Gasteiger partial charge in [-0.15, -0.1) is 0 Å². The molecule has 2 rings (SSSR count). The Labute approximate surface area is 109 Å². The monoisotopic (exact) mass is 260 g/mol. The van der Waals surface area contributed by atoms with E-state index in [4.69, 9.17) is 11.5 Å². The molecule has 0 radical (unpaired) electrons. The van der Waals surface area contributed by atoms with Crippen molar-refractivity contribution in [2.24, 2.45) is 5.73 Å². The highest BCUT2D eigenvalue weighted by Gasteiger charge is 2.10. The molecule has 0 fully saturated rings. The van der Waals surface area contributed by atoms with Crippen LogP contribution in [0.1, 0.15) is 15.9 Å². The molecular weight excluding hydrogens is 247 g/mol. The van der Waals surface area contributed by atoms with Crippen molar-refractivity contribution in [1.29, 1.82) is 0 Å². The fraction of sp³-hybridized carbons (Fsp3) is 0.0769. The van der Waals surface area contributed by atoms with Crippen molar-refractivity contribution in [2.45, 2.75) is 6.92 Å². The number of primary amides is 1. The Morgan fingerprint density at radius 1 is 1.42 bits per heavy atom. The first-order valence-corrected chi connectivity index (χ1v) is 5.56. The number of carbonyl (C=O) groups excluding carboxylic acids is 1. The van der Waals surface area contributed by atoms with Crippen molar-refractivity contribution in [2.75, 3.05) is 11.1 Å². The lowest BCUT2D eigenvalue weighted by Crippen LogP contribution is -2.14. The molecule has 1 amide bonds. The lowest BCUT2D eigenvalue weighted by atomic mass is 10.2. The number of hydrogen-bond acceptors (Lipinski definition) is 4. The van der Waals surface area contributed by atoms with Gasteiger partial charge in [-0.25, -0.2) is 9.37 Å². The summed E-state index contributed by atoms with van der Waals surface area (Å²) in [6, 6.07) is 6.34. The molecule has 0 saturated heterocycles. The molecule has 5 nitrogen and oxygen atoms in total. The van der Waals surface area contributed by atoms with E-state index < -0.39 is 5.91 Å². The number of aromatic nitrogens is 1. The van der Waals surface area contributed by atoms with Crippen LogP contribution in [0, 0.1) is 12.7 Å². The highest BCUT2D eigenvalue weighted by molar-refractivity contribution is 5.98. The van der Waals surface area contributed by atoms with Crippen LogP contribution in [0.3, 0.4) is 0 Å². The molecule has 1 aromatic heterocycles. The largest absolute Gasteiger partial charge is 0.397 e. The molecule has 1 heterocycles. The second kappa shape index (κ2) is 4.93. The maximum Gasteiger partial charge on any atom is 0.250 e. The lowest BCUT2D eigenvalue weighted by molar-refractivity contribution is 0.100. The SMILES string of the molecule is Cc1cccc(Nc2cc(C(N)=O)c(N)cn2)c1F. The van der Waals surface area contributed by atoms with E-state index >= 15 is 0 Å². The number of carbonyl (C=O) groups is 1. The van der Waals surface area contributed by atoms with Gasteiger partial charge in [0.25, 0.3) is 5.91 Å². The van der Waals surface area contributed by atoms with Crippen molar-refractivity contribution in [3.05, 3.63) is 47.4 Å². The molecule has 0 saturated carbocycles. The third kappa shape index (κ3) is 2.62. The summed E-state index contributed by atoms with van der Waals surface area (Å²) >= 11 is 0. The fourth-order valence-corrected chi connectivity index (χ4v) is 1.63. The van der Waals surface area contributed by atoms with E-state index in [-0.39, 0.29) is 22.8 Å². The number of pyridine rings is 1. The van der Waals surface area contributed by atoms with Gasteiger partial charge in [0.2, 0.25) is 0 Å². The lowest BCUT2D eigenvalue weighted by Gasteiger charge is -2.10. The number of nitrogens with zero attached hydrogens (tertiary/aromatic N) is 1. The summed E-state index contributed by atoms with van der Waals surface area (Å²) in [6.07, 6.45) is 1.30. The van der Waals surface area contributed by atoms with Crippen LogP contribution in [0.5, 0.6) is 0 Å². The molecule has 0 aliphatic rings. The summed E-state index contributed by atoms with van der Waals surface area (Å²) in [5, 5.41) is 2.79. The molecule has 0 bridgehead atoms. The average molecular weight is 260 g/mol. The first kappa shape index (κ1) is 12.8. The minimum absolute atomic E-state index is 0.144. The van der Waals surface area contributed by atoms with Crippen molar-refractivity contribution >= 4 is 23.1 Å². The van der Waals surface area contributed by atoms with Crippen LogP contribution in [0.4, 0.5) is 21.6 Å². The van der Waals surface area contributed by atoms with Gasteiger partial charge in [0.15, 0.2) is 0 Å². The van der Waals surface area contributed by atoms with E-state index in [1.807, 2.05) is 0 Å². The van der Waals surface area contributed by atoms with Gasteiger partial charge in [0.05, 0.1) is 23.1 Å². The molecule has 0 unspecified atom stereocenters. The Morgan fingerprint density at radius 2 is 2.16 bits per heavy atom. The highest BCUT2D eigenvalue weighted by Crippen LogP contribution is 2.22. The van der Waals surface area contributed by atoms with Crippen molar-refractivity contribution < 1.29 is 9.18 Å². The number of anilines is 3. The van der Waals surface area contributed by atoms with Crippen molar-refractivity contribution in [3.8, 4) is 0 Å². The van der Waals surface area contributed by atoms with E-state index in [0.29, 0.717) is 11.4 Å². The molecule has 0 aliphatic heterocycles. The number of halogens is 1. The minimum atomic E-state index is -0.660. The third-order valence-electron chi connectivity index (χ3n) is 2.65. The number of nitrogens with two attached hydrogens (primary N) is 2. The van der Waals surface area contributed by atoms with Crippen LogP contribution >= 0.6 is 0 Å². The number of benzene rings is 1. The van der Waals surface area contributed by atoms with Crippen LogP contribution in [-0.2, 0) is 0 Å². The molecule has 5 N–H and O–H groups in total. The quantitative estimate of drug-likeness (QED) is 0.786. The fourth-order valence-electron chi connectivity index (χ4n) is 1.63. The topological polar surface area (TPSA) is 94.0 Å². The molecule has 6 heteroatoms. The predicted octanol–water partition coefficient (Wildman–Crippen LogP) is 1.95. The molecular formula is C13H13FN4O. The van der Waals surface area contributed by atoms with E-state index in [2.05, 4.69) is 10.3 Å². The Hall–Kier alpha value is -2.63. The maximum absolute atomic E-state index is 13.8. The van der Waals surface area contributed by atoms with Gasteiger partial charge in [-0.1, -0.05) is 12.1 Å². The van der Waals surface area contributed by atoms with E-state index in [0.717, 1.165) is 0 Å². The van der Waals surface area contributed by atoms with Gasteiger partial charge >= 0.3 is 0 Å². The van der Waals surface area contributed by atoms with Crippen molar-refractivity contribution in [3.63, 3.8) is 0 Å². The zero-order chi connectivity index (χ0) is 14.0. The van der Waals surface area contributed by atoms with E-state index in [1.54, 1.807) is 25.1 Å². The Bertz CT molecular complexity index is 643. The third-order valence-corrected chi connectivity index (χ3v) is 2.65. The summed E-state index contributed by atoms with van der Waals surface area (Å²) in [6.45, 7) is 1.66. The second-order valence-electron chi connectivity index (χ2n) is 4.08. The van der Waals surface area contributed by atoms with Crippen LogP contribution in [-0.4, -0.2) is 10.9 Å².